The normalized spacial score (nSPS) is 14.3. The predicted molar refractivity (Wildman–Crippen MR) is 371 cm³/mol. The van der Waals surface area contributed by atoms with E-state index in [-0.39, 0.29) is 33.8 Å². The maximum atomic E-state index is 2.69. The Hall–Kier alpha value is -8.54. The van der Waals surface area contributed by atoms with Crippen LogP contribution in [-0.4, -0.2) is 6.71 Å². The van der Waals surface area contributed by atoms with E-state index in [4.69, 9.17) is 0 Å². The van der Waals surface area contributed by atoms with Gasteiger partial charge < -0.3 is 19.6 Å². The second-order valence-electron chi connectivity index (χ2n) is 29.5. The first-order valence-electron chi connectivity index (χ1n) is 31.2. The van der Waals surface area contributed by atoms with E-state index in [0.29, 0.717) is 0 Å². The Kier molecular flexibility index (Phi) is 13.7. The number of para-hydroxylation sites is 2. The van der Waals surface area contributed by atoms with Gasteiger partial charge in [0.2, 0.25) is 0 Å². The number of hydrogen-bond acceptors (Lipinski definition) is 4. The summed E-state index contributed by atoms with van der Waals surface area (Å²) >= 11 is 0. The van der Waals surface area contributed by atoms with E-state index >= 15 is 0 Å². The molecule has 0 bridgehead atoms. The lowest BCUT2D eigenvalue weighted by molar-refractivity contribution is 0.392. The van der Waals surface area contributed by atoms with Crippen LogP contribution in [0.3, 0.4) is 0 Å². The van der Waals surface area contributed by atoms with Gasteiger partial charge in [0.25, 0.3) is 6.71 Å². The Morgan fingerprint density at radius 3 is 1.33 bits per heavy atom. The molecular formula is C81H83BN4. The lowest BCUT2D eigenvalue weighted by atomic mass is 9.33. The summed E-state index contributed by atoms with van der Waals surface area (Å²) in [6.07, 6.45) is 2.05. The van der Waals surface area contributed by atoms with E-state index in [9.17, 15) is 0 Å². The van der Waals surface area contributed by atoms with Crippen LogP contribution < -0.4 is 36.0 Å². The molecule has 86 heavy (non-hydrogen) atoms. The molecule has 0 N–H and O–H groups in total. The smallest absolute Gasteiger partial charge is 0.252 e. The second kappa shape index (κ2) is 20.9. The van der Waals surface area contributed by atoms with Crippen molar-refractivity contribution in [1.82, 2.24) is 0 Å². The quantitative estimate of drug-likeness (QED) is 0.134. The summed E-state index contributed by atoms with van der Waals surface area (Å²) in [4.78, 5) is 10.3. The van der Waals surface area contributed by atoms with Crippen LogP contribution >= 0.6 is 0 Å². The first-order valence-corrected chi connectivity index (χ1v) is 31.2. The Morgan fingerprint density at radius 2 is 0.779 bits per heavy atom. The fraction of sp³-hybridized carbons (Fsp3) is 0.259. The second-order valence-corrected chi connectivity index (χ2v) is 29.5. The standard InChI is InChI=1S/C81H83BN4/c1-77(2,3)57-33-38-63(39-34-57)84(64-40-35-58(36-41-64)78(4,5)6)67-50-74-76-75(51-67)86(71-43-37-60(80(10,11)12)48-68(71)54-25-18-15-19-26-54)73-46-56-53-81(13,14)52-55(56)45-69(73)82(76)70-49-66(83(61-28-20-16-21-29-61)62-30-22-17-23-31-62)42-44-72(70)85(74)65-32-24-27-59(47-65)79(7,8)9/h15-51H,52-53H2,1-14H3. The van der Waals surface area contributed by atoms with E-state index in [1.165, 1.54) is 83.6 Å². The Balaban J connectivity index is 1.18. The van der Waals surface area contributed by atoms with Crippen molar-refractivity contribution < 1.29 is 0 Å². The Bertz CT molecular complexity index is 4080. The third-order valence-corrected chi connectivity index (χ3v) is 18.4. The zero-order valence-corrected chi connectivity index (χ0v) is 53.1. The highest BCUT2D eigenvalue weighted by molar-refractivity contribution is 7.00. The molecule has 1 aliphatic carbocycles. The molecule has 0 radical (unpaired) electrons. The Morgan fingerprint density at radius 1 is 0.337 bits per heavy atom. The molecule has 0 amide bonds. The number of benzene rings is 10. The van der Waals surface area contributed by atoms with Crippen LogP contribution in [0.5, 0.6) is 0 Å². The van der Waals surface area contributed by atoms with Gasteiger partial charge in [0.05, 0.1) is 11.4 Å². The molecular weight excluding hydrogens is 1040 g/mol. The van der Waals surface area contributed by atoms with Gasteiger partial charge in [-0.25, -0.2) is 0 Å². The number of nitrogens with zero attached hydrogens (tertiary/aromatic N) is 4. The van der Waals surface area contributed by atoms with Crippen LogP contribution in [0.4, 0.5) is 68.2 Å². The molecule has 0 spiro atoms. The highest BCUT2D eigenvalue weighted by Crippen LogP contribution is 2.53. The summed E-state index contributed by atoms with van der Waals surface area (Å²) in [6.45, 7) is 32.6. The zero-order valence-electron chi connectivity index (χ0n) is 53.1. The monoisotopic (exact) mass is 1120 g/mol. The summed E-state index contributed by atoms with van der Waals surface area (Å²) in [5.74, 6) is 0. The summed E-state index contributed by atoms with van der Waals surface area (Å²) in [5.41, 5.74) is 28.0. The van der Waals surface area contributed by atoms with E-state index in [1.54, 1.807) is 0 Å². The molecule has 0 atom stereocenters. The maximum absolute atomic E-state index is 2.69. The van der Waals surface area contributed by atoms with Gasteiger partial charge in [-0.15, -0.1) is 0 Å². The van der Waals surface area contributed by atoms with Crippen molar-refractivity contribution in [2.75, 3.05) is 19.6 Å². The third-order valence-electron chi connectivity index (χ3n) is 18.4. The highest BCUT2D eigenvalue weighted by Gasteiger charge is 2.46. The molecule has 4 nitrogen and oxygen atoms in total. The largest absolute Gasteiger partial charge is 0.311 e. The zero-order chi connectivity index (χ0) is 60.2. The number of anilines is 12. The van der Waals surface area contributed by atoms with Gasteiger partial charge >= 0.3 is 0 Å². The molecule has 2 aliphatic heterocycles. The van der Waals surface area contributed by atoms with Gasteiger partial charge in [0, 0.05) is 62.4 Å². The predicted octanol–water partition coefficient (Wildman–Crippen LogP) is 20.7. The van der Waals surface area contributed by atoms with Gasteiger partial charge in [-0.05, 0) is 204 Å². The van der Waals surface area contributed by atoms with Crippen LogP contribution in [0, 0.1) is 5.41 Å². The lowest BCUT2D eigenvalue weighted by Crippen LogP contribution is -2.61. The SMILES string of the molecule is CC1(C)Cc2cc3c(cc2C1)N(c1ccc(C(C)(C)C)cc1-c1ccccc1)c1cc(N(c2ccc(C(C)(C)C)cc2)c2ccc(C(C)(C)C)cc2)cc2c1B3c1cc(N(c3ccccc3)c3ccccc3)ccc1N2c1cccc(C(C)(C)C)c1. The molecule has 0 fully saturated rings. The number of rotatable bonds is 9. The molecule has 0 aromatic heterocycles. The first kappa shape index (κ1) is 56.6. The number of fused-ring (bicyclic) bond motifs is 5. The molecule has 5 heteroatoms. The van der Waals surface area contributed by atoms with Crippen LogP contribution in [0.25, 0.3) is 11.1 Å². The fourth-order valence-corrected chi connectivity index (χ4v) is 13.8. The van der Waals surface area contributed by atoms with Gasteiger partial charge in [-0.1, -0.05) is 212 Å². The number of hydrogen-bond donors (Lipinski definition) is 0. The average Bonchev–Trinajstić information content (AvgIpc) is 0.856. The van der Waals surface area contributed by atoms with Crippen molar-refractivity contribution in [1.29, 1.82) is 0 Å². The van der Waals surface area contributed by atoms with Crippen molar-refractivity contribution in [3.05, 3.63) is 258 Å². The summed E-state index contributed by atoms with van der Waals surface area (Å²) in [7, 11) is 0. The van der Waals surface area contributed by atoms with E-state index < -0.39 is 0 Å². The lowest BCUT2D eigenvalue weighted by Gasteiger charge is -2.46. The van der Waals surface area contributed by atoms with E-state index in [2.05, 4.69) is 341 Å². The van der Waals surface area contributed by atoms with Crippen molar-refractivity contribution in [2.45, 2.75) is 131 Å². The molecule has 0 saturated heterocycles. The summed E-state index contributed by atoms with van der Waals surface area (Å²) in [5, 5.41) is 0. The minimum atomic E-state index is -0.140. The molecule has 10 aromatic carbocycles. The van der Waals surface area contributed by atoms with Gasteiger partial charge in [0.1, 0.15) is 0 Å². The first-order chi connectivity index (χ1) is 40.9. The molecule has 10 aromatic rings. The van der Waals surface area contributed by atoms with Crippen molar-refractivity contribution in [3.63, 3.8) is 0 Å². The maximum Gasteiger partial charge on any atom is 0.252 e. The van der Waals surface area contributed by atoms with Crippen LogP contribution in [0.1, 0.15) is 130 Å². The van der Waals surface area contributed by atoms with Crippen molar-refractivity contribution in [3.8, 4) is 11.1 Å². The van der Waals surface area contributed by atoms with E-state index in [0.717, 1.165) is 58.3 Å². The highest BCUT2D eigenvalue weighted by atomic mass is 15.2. The Labute approximate surface area is 513 Å². The minimum absolute atomic E-state index is 0.0143. The average molecular weight is 1120 g/mol. The molecule has 0 saturated carbocycles. The van der Waals surface area contributed by atoms with Gasteiger partial charge in [0.15, 0.2) is 0 Å². The van der Waals surface area contributed by atoms with Crippen molar-refractivity contribution >= 4 is 91.3 Å². The van der Waals surface area contributed by atoms with Crippen LogP contribution in [0.2, 0.25) is 0 Å². The van der Waals surface area contributed by atoms with Crippen LogP contribution in [-0.2, 0) is 34.5 Å². The molecule has 0 unspecified atom stereocenters. The minimum Gasteiger partial charge on any atom is -0.311 e. The molecule has 430 valence electrons. The molecule has 13 rings (SSSR count). The van der Waals surface area contributed by atoms with Gasteiger partial charge in [-0.3, -0.25) is 0 Å². The summed E-state index contributed by atoms with van der Waals surface area (Å²) in [6, 6.07) is 86.0. The van der Waals surface area contributed by atoms with Crippen molar-refractivity contribution in [2.24, 2.45) is 5.41 Å². The van der Waals surface area contributed by atoms with Crippen LogP contribution in [0.15, 0.2) is 224 Å². The molecule has 2 heterocycles. The van der Waals surface area contributed by atoms with Gasteiger partial charge in [-0.2, -0.15) is 0 Å². The summed E-state index contributed by atoms with van der Waals surface area (Å²) < 4.78 is 0. The third kappa shape index (κ3) is 10.3. The fourth-order valence-electron chi connectivity index (χ4n) is 13.8. The topological polar surface area (TPSA) is 13.0 Å². The van der Waals surface area contributed by atoms with E-state index in [1.807, 2.05) is 0 Å². The molecule has 3 aliphatic rings.